The molecule has 5 nitrogen and oxygen atoms in total. The zero-order valence-electron chi connectivity index (χ0n) is 17.3. The van der Waals surface area contributed by atoms with Gasteiger partial charge in [-0.05, 0) is 67.9 Å². The summed E-state index contributed by atoms with van der Waals surface area (Å²) in [5.74, 6) is 1.62. The molecule has 1 N–H and O–H groups in total. The van der Waals surface area contributed by atoms with Crippen molar-refractivity contribution in [1.29, 1.82) is 0 Å². The van der Waals surface area contributed by atoms with E-state index in [9.17, 15) is 0 Å². The second kappa shape index (κ2) is 8.61. The van der Waals surface area contributed by atoms with Crippen molar-refractivity contribution in [3.05, 3.63) is 76.8 Å². The van der Waals surface area contributed by atoms with Crippen LogP contribution in [-0.4, -0.2) is 34.3 Å². The van der Waals surface area contributed by atoms with Crippen LogP contribution in [0.25, 0.3) is 11.3 Å². The average Bonchev–Trinajstić information content (AvgIpc) is 3.52. The minimum atomic E-state index is -0.110. The molecule has 3 aromatic rings. The fourth-order valence-electron chi connectivity index (χ4n) is 4.33. The molecule has 0 unspecified atom stereocenters. The molecule has 3 atom stereocenters. The van der Waals surface area contributed by atoms with Gasteiger partial charge in [0.25, 0.3) is 0 Å². The highest BCUT2D eigenvalue weighted by Crippen LogP contribution is 2.41. The van der Waals surface area contributed by atoms with Crippen LogP contribution < -0.4 is 5.32 Å². The third kappa shape index (κ3) is 4.07. The Morgan fingerprint density at radius 1 is 1.23 bits per heavy atom. The van der Waals surface area contributed by atoms with Gasteiger partial charge in [-0.3, -0.25) is 4.98 Å². The van der Waals surface area contributed by atoms with Crippen LogP contribution in [0.3, 0.4) is 0 Å². The molecule has 4 heterocycles. The van der Waals surface area contributed by atoms with E-state index in [1.165, 1.54) is 0 Å². The molecule has 0 amide bonds. The molecule has 1 aromatic carbocycles. The molecule has 0 radical (unpaired) electrons. The number of halogens is 1. The van der Waals surface area contributed by atoms with Crippen LogP contribution in [0, 0.1) is 6.92 Å². The van der Waals surface area contributed by atoms with E-state index in [2.05, 4.69) is 15.2 Å². The molecule has 31 heavy (non-hydrogen) atoms. The van der Waals surface area contributed by atoms with E-state index in [0.717, 1.165) is 59.4 Å². The lowest BCUT2D eigenvalue weighted by Gasteiger charge is -2.28. The van der Waals surface area contributed by atoms with Crippen molar-refractivity contribution in [3.63, 3.8) is 0 Å². The lowest BCUT2D eigenvalue weighted by Crippen LogP contribution is -2.36. The van der Waals surface area contributed by atoms with E-state index in [-0.39, 0.29) is 18.2 Å². The molecule has 5 rings (SSSR count). The number of nitrogens with zero attached hydrogens (tertiary/aromatic N) is 2. The van der Waals surface area contributed by atoms with Gasteiger partial charge in [-0.25, -0.2) is 0 Å². The number of hydrogen-bond acceptors (Lipinski definition) is 4. The maximum Gasteiger partial charge on any atom is 0.170 e. The van der Waals surface area contributed by atoms with Gasteiger partial charge in [0, 0.05) is 29.9 Å². The molecular weight excluding hydrogens is 430 g/mol. The number of rotatable bonds is 5. The Bertz CT molecular complexity index is 1080. The third-order valence-corrected chi connectivity index (χ3v) is 6.76. The summed E-state index contributed by atoms with van der Waals surface area (Å²) in [6.45, 7) is 3.53. The van der Waals surface area contributed by atoms with Crippen LogP contribution in [0.1, 0.15) is 41.9 Å². The van der Waals surface area contributed by atoms with Crippen molar-refractivity contribution in [1.82, 2.24) is 15.2 Å². The number of hydrogen-bond donors (Lipinski definition) is 1. The molecule has 2 aliphatic heterocycles. The largest absolute Gasteiger partial charge is 0.459 e. The second-order valence-corrected chi connectivity index (χ2v) is 8.87. The van der Waals surface area contributed by atoms with Crippen molar-refractivity contribution in [3.8, 4) is 11.3 Å². The number of aromatic nitrogens is 1. The lowest BCUT2D eigenvalue weighted by atomic mass is 10.0. The Morgan fingerprint density at radius 2 is 2.13 bits per heavy atom. The van der Waals surface area contributed by atoms with Crippen molar-refractivity contribution >= 4 is 28.9 Å². The molecular formula is C24H24ClN3O2S. The Hall–Kier alpha value is -2.41. The highest BCUT2D eigenvalue weighted by atomic mass is 35.5. The summed E-state index contributed by atoms with van der Waals surface area (Å²) in [6, 6.07) is 15.7. The van der Waals surface area contributed by atoms with Gasteiger partial charge < -0.3 is 19.4 Å². The zero-order valence-corrected chi connectivity index (χ0v) is 18.8. The summed E-state index contributed by atoms with van der Waals surface area (Å²) >= 11 is 12.1. The molecule has 2 aromatic heterocycles. The fourth-order valence-corrected chi connectivity index (χ4v) is 4.83. The number of thiocarbonyl (C=S) groups is 1. The molecule has 7 heteroatoms. The number of benzene rings is 1. The molecule has 2 aliphatic rings. The van der Waals surface area contributed by atoms with Crippen LogP contribution in [0.4, 0.5) is 0 Å². The average molecular weight is 454 g/mol. The number of pyridine rings is 1. The van der Waals surface area contributed by atoms with Crippen LogP contribution in [0.2, 0.25) is 5.02 Å². The summed E-state index contributed by atoms with van der Waals surface area (Å²) in [5.41, 5.74) is 2.93. The molecule has 2 fully saturated rings. The second-order valence-electron chi connectivity index (χ2n) is 8.08. The summed E-state index contributed by atoms with van der Waals surface area (Å²) < 4.78 is 12.3. The summed E-state index contributed by atoms with van der Waals surface area (Å²) in [4.78, 5) is 6.77. The van der Waals surface area contributed by atoms with E-state index in [1.807, 2.05) is 61.7 Å². The first kappa shape index (κ1) is 20.5. The molecule has 0 bridgehead atoms. The van der Waals surface area contributed by atoms with Gasteiger partial charge in [-0.2, -0.15) is 0 Å². The first-order valence-electron chi connectivity index (χ1n) is 10.6. The quantitative estimate of drug-likeness (QED) is 0.518. The van der Waals surface area contributed by atoms with E-state index in [4.69, 9.17) is 33.0 Å². The summed E-state index contributed by atoms with van der Waals surface area (Å²) in [7, 11) is 0. The van der Waals surface area contributed by atoms with Crippen molar-refractivity contribution < 1.29 is 9.15 Å². The maximum atomic E-state index is 6.37. The van der Waals surface area contributed by atoms with Crippen LogP contribution >= 0.6 is 23.8 Å². The molecule has 0 spiro atoms. The predicted octanol–water partition coefficient (Wildman–Crippen LogP) is 5.45. The van der Waals surface area contributed by atoms with Gasteiger partial charge in [-0.15, -0.1) is 0 Å². The van der Waals surface area contributed by atoms with Crippen LogP contribution in [-0.2, 0) is 4.74 Å². The van der Waals surface area contributed by atoms with Gasteiger partial charge >= 0.3 is 0 Å². The molecule has 2 saturated heterocycles. The Morgan fingerprint density at radius 3 is 2.87 bits per heavy atom. The van der Waals surface area contributed by atoms with E-state index in [0.29, 0.717) is 5.11 Å². The Kier molecular flexibility index (Phi) is 5.69. The van der Waals surface area contributed by atoms with Gasteiger partial charge in [0.15, 0.2) is 5.11 Å². The standard InChI is InChI=1S/C24H24ClN3O2S/c1-15-7-8-16(13-18(15)25)20-9-10-21(30-20)23-22(19-6-2-3-11-26-19)27-24(31)28(23)14-17-5-4-12-29-17/h2-3,6-11,13,17,22-23H,4-5,12,14H2,1H3,(H,27,31)/t17-,22+,23+/m0/s1. The Balaban J connectivity index is 1.50. The lowest BCUT2D eigenvalue weighted by molar-refractivity contribution is 0.0818. The van der Waals surface area contributed by atoms with Crippen LogP contribution in [0.5, 0.6) is 0 Å². The Labute approximate surface area is 192 Å². The smallest absolute Gasteiger partial charge is 0.170 e. The van der Waals surface area contributed by atoms with Crippen LogP contribution in [0.15, 0.2) is 59.1 Å². The first-order valence-corrected chi connectivity index (χ1v) is 11.3. The molecule has 0 aliphatic carbocycles. The van der Waals surface area contributed by atoms with Gasteiger partial charge in [-0.1, -0.05) is 29.8 Å². The summed E-state index contributed by atoms with van der Waals surface area (Å²) in [6.07, 6.45) is 4.12. The minimum absolute atomic E-state index is 0.101. The maximum absolute atomic E-state index is 6.37. The topological polar surface area (TPSA) is 50.5 Å². The third-order valence-electron chi connectivity index (χ3n) is 6.00. The number of nitrogens with one attached hydrogen (secondary N) is 1. The van der Waals surface area contributed by atoms with E-state index >= 15 is 0 Å². The minimum Gasteiger partial charge on any atom is -0.459 e. The van der Waals surface area contributed by atoms with Crippen molar-refractivity contribution in [2.45, 2.75) is 38.0 Å². The van der Waals surface area contributed by atoms with Gasteiger partial charge in [0.2, 0.25) is 0 Å². The zero-order chi connectivity index (χ0) is 21.4. The molecule has 0 saturated carbocycles. The number of aryl methyl sites for hydroxylation is 1. The van der Waals surface area contributed by atoms with E-state index in [1.54, 1.807) is 0 Å². The van der Waals surface area contributed by atoms with Gasteiger partial charge in [0.1, 0.15) is 17.6 Å². The fraction of sp³-hybridized carbons (Fsp3) is 0.333. The highest BCUT2D eigenvalue weighted by molar-refractivity contribution is 7.80. The van der Waals surface area contributed by atoms with E-state index < -0.39 is 0 Å². The van der Waals surface area contributed by atoms with Gasteiger partial charge in [0.05, 0.1) is 17.8 Å². The number of ether oxygens (including phenoxy) is 1. The number of furan rings is 1. The van der Waals surface area contributed by atoms with Crippen molar-refractivity contribution in [2.24, 2.45) is 0 Å². The summed E-state index contributed by atoms with van der Waals surface area (Å²) in [5, 5.41) is 4.90. The normalized spacial score (nSPS) is 23.4. The first-order chi connectivity index (χ1) is 15.1. The monoisotopic (exact) mass is 453 g/mol. The highest BCUT2D eigenvalue weighted by Gasteiger charge is 2.42. The SMILES string of the molecule is Cc1ccc(-c2ccc([C@@H]3[C@@H](c4ccccn4)NC(=S)N3C[C@@H]3CCCO3)o2)cc1Cl. The predicted molar refractivity (Wildman–Crippen MR) is 125 cm³/mol. The van der Waals surface area contributed by atoms with Crippen molar-refractivity contribution in [2.75, 3.05) is 13.2 Å². The molecule has 160 valence electrons.